The molecule has 154 valence electrons. The molecule has 0 bridgehead atoms. The zero-order chi connectivity index (χ0) is 20.9. The van der Waals surface area contributed by atoms with Gasteiger partial charge >= 0.3 is 0 Å². The Hall–Kier alpha value is -2.77. The lowest BCUT2D eigenvalue weighted by atomic mass is 10.0. The van der Waals surface area contributed by atoms with Crippen LogP contribution in [0.4, 0.5) is 5.69 Å². The first kappa shape index (κ1) is 20.5. The van der Waals surface area contributed by atoms with Gasteiger partial charge < -0.3 is 15.5 Å². The maximum Gasteiger partial charge on any atom is 0.226 e. The van der Waals surface area contributed by atoms with E-state index in [0.717, 1.165) is 23.4 Å². The van der Waals surface area contributed by atoms with Crippen LogP contribution in [-0.2, 0) is 11.2 Å². The predicted molar refractivity (Wildman–Crippen MR) is 126 cm³/mol. The Kier molecular flexibility index (Phi) is 6.40. The molecule has 1 saturated heterocycles. The fourth-order valence-corrected chi connectivity index (χ4v) is 5.01. The Morgan fingerprint density at radius 2 is 2.03 bits per heavy atom. The molecule has 2 N–H and O–H groups in total. The first-order chi connectivity index (χ1) is 14.7. The highest BCUT2D eigenvalue weighted by Gasteiger charge is 2.40. The smallest absolute Gasteiger partial charge is 0.226 e. The molecule has 0 spiro atoms. The molecule has 2 atom stereocenters. The Morgan fingerprint density at radius 3 is 2.77 bits per heavy atom. The van der Waals surface area contributed by atoms with Crippen molar-refractivity contribution >= 4 is 40.3 Å². The van der Waals surface area contributed by atoms with Gasteiger partial charge in [0.15, 0.2) is 5.11 Å². The van der Waals surface area contributed by atoms with Crippen molar-refractivity contribution in [2.24, 2.45) is 0 Å². The molecule has 0 unspecified atom stereocenters. The number of carbonyl (C=O) groups excluding carboxylic acids is 1. The number of nitrogens with zero attached hydrogens (tertiary/aromatic N) is 2. The van der Waals surface area contributed by atoms with Crippen LogP contribution in [-0.4, -0.2) is 27.4 Å². The lowest BCUT2D eigenvalue weighted by Crippen LogP contribution is -2.32. The highest BCUT2D eigenvalue weighted by atomic mass is 32.1. The molecule has 1 fully saturated rings. The maximum absolute atomic E-state index is 12.7. The summed E-state index contributed by atoms with van der Waals surface area (Å²) in [5, 5.41) is 9.20. The molecule has 30 heavy (non-hydrogen) atoms. The summed E-state index contributed by atoms with van der Waals surface area (Å²) in [6.07, 6.45) is 3.03. The van der Waals surface area contributed by atoms with Crippen LogP contribution in [0.3, 0.4) is 0 Å². The molecule has 5 nitrogen and oxygen atoms in total. The van der Waals surface area contributed by atoms with Crippen LogP contribution in [0.25, 0.3) is 0 Å². The molecule has 4 rings (SSSR count). The number of pyridine rings is 1. The molecule has 3 aromatic rings. The predicted octanol–water partition coefficient (Wildman–Crippen LogP) is 4.71. The number of aryl methyl sites for hydroxylation is 1. The number of anilines is 1. The first-order valence-electron chi connectivity index (χ1n) is 10.1. The Bertz CT molecular complexity index is 1010. The van der Waals surface area contributed by atoms with Crippen molar-refractivity contribution in [2.45, 2.75) is 31.8 Å². The summed E-state index contributed by atoms with van der Waals surface area (Å²) in [6, 6.07) is 18.0. The molecule has 1 aromatic carbocycles. The lowest BCUT2D eigenvalue weighted by molar-refractivity contribution is -0.116. The molecule has 0 aliphatic carbocycles. The van der Waals surface area contributed by atoms with Gasteiger partial charge in [-0.25, -0.2) is 0 Å². The molecule has 0 saturated carbocycles. The van der Waals surface area contributed by atoms with Crippen LogP contribution in [0, 0.1) is 0 Å². The highest BCUT2D eigenvalue weighted by Crippen LogP contribution is 2.40. The highest BCUT2D eigenvalue weighted by molar-refractivity contribution is 7.80. The number of hydrogen-bond acceptors (Lipinski definition) is 4. The molecule has 0 radical (unpaired) electrons. The number of rotatable bonds is 7. The second-order valence-electron chi connectivity index (χ2n) is 7.14. The lowest BCUT2D eigenvalue weighted by Gasteiger charge is -2.26. The van der Waals surface area contributed by atoms with Gasteiger partial charge in [0.1, 0.15) is 0 Å². The normalized spacial score (nSPS) is 18.3. The van der Waals surface area contributed by atoms with E-state index < -0.39 is 0 Å². The van der Waals surface area contributed by atoms with E-state index in [1.165, 1.54) is 4.88 Å². The molecule has 7 heteroatoms. The number of thiophene rings is 1. The van der Waals surface area contributed by atoms with E-state index in [4.69, 9.17) is 12.2 Å². The number of para-hydroxylation sites is 1. The van der Waals surface area contributed by atoms with Gasteiger partial charge in [0.25, 0.3) is 0 Å². The van der Waals surface area contributed by atoms with Gasteiger partial charge in [-0.2, -0.15) is 0 Å². The third kappa shape index (κ3) is 4.37. The summed E-state index contributed by atoms with van der Waals surface area (Å²) in [4.78, 5) is 20.5. The van der Waals surface area contributed by atoms with Crippen molar-refractivity contribution < 1.29 is 4.79 Å². The second-order valence-corrected chi connectivity index (χ2v) is 8.51. The first-order valence-corrected chi connectivity index (χ1v) is 11.4. The third-order valence-corrected chi connectivity index (χ3v) is 6.58. The zero-order valence-corrected chi connectivity index (χ0v) is 18.4. The Morgan fingerprint density at radius 1 is 1.20 bits per heavy atom. The van der Waals surface area contributed by atoms with E-state index in [0.29, 0.717) is 18.1 Å². The molecule has 1 aliphatic rings. The Balaban J connectivity index is 1.49. The fraction of sp³-hybridized carbons (Fsp3) is 0.261. The number of hydrogen-bond donors (Lipinski definition) is 2. The van der Waals surface area contributed by atoms with E-state index >= 15 is 0 Å². The van der Waals surface area contributed by atoms with Gasteiger partial charge in [0.2, 0.25) is 5.91 Å². The number of nitrogens with one attached hydrogen (secondary N) is 2. The van der Waals surface area contributed by atoms with Crippen LogP contribution in [0.1, 0.15) is 41.6 Å². The summed E-state index contributed by atoms with van der Waals surface area (Å²) in [7, 11) is 0. The van der Waals surface area contributed by atoms with E-state index in [1.54, 1.807) is 17.5 Å². The van der Waals surface area contributed by atoms with Gasteiger partial charge in [0.05, 0.1) is 17.8 Å². The zero-order valence-electron chi connectivity index (χ0n) is 16.7. The van der Waals surface area contributed by atoms with E-state index in [-0.39, 0.29) is 18.0 Å². The Labute approximate surface area is 186 Å². The van der Waals surface area contributed by atoms with Crippen LogP contribution >= 0.6 is 23.6 Å². The van der Waals surface area contributed by atoms with E-state index in [9.17, 15) is 4.79 Å². The topological polar surface area (TPSA) is 57.3 Å². The van der Waals surface area contributed by atoms with Gasteiger partial charge in [0, 0.05) is 29.7 Å². The number of benzene rings is 1. The average molecular weight is 437 g/mol. The maximum atomic E-state index is 12.7. The summed E-state index contributed by atoms with van der Waals surface area (Å²) < 4.78 is 0. The average Bonchev–Trinajstić information content (AvgIpc) is 3.41. The van der Waals surface area contributed by atoms with E-state index in [2.05, 4.69) is 38.9 Å². The molecule has 1 aliphatic heterocycles. The molecule has 1 amide bonds. The number of thiocarbonyl (C=S) groups is 1. The minimum atomic E-state index is -0.0405. The minimum Gasteiger partial charge on any atom is -0.352 e. The molecule has 3 heterocycles. The standard InChI is InChI=1S/C23H24N4OS2/c1-2-16-8-3-4-9-17(16)25-20(28)12-14-27-22(19-11-7-15-30-19)21(26-23(27)29)18-10-5-6-13-24-18/h3-11,13,15,21-22H,2,12,14H2,1H3,(H,25,28)(H,26,29)/t21-,22-/m1/s1. The van der Waals surface area contributed by atoms with Crippen LogP contribution in [0.2, 0.25) is 0 Å². The second kappa shape index (κ2) is 9.36. The summed E-state index contributed by atoms with van der Waals surface area (Å²) in [5.74, 6) is -0.00934. The number of aromatic nitrogens is 1. The van der Waals surface area contributed by atoms with Crippen LogP contribution in [0.15, 0.2) is 66.2 Å². The molecular formula is C23H24N4OS2. The van der Waals surface area contributed by atoms with Crippen LogP contribution < -0.4 is 10.6 Å². The third-order valence-electron chi connectivity index (χ3n) is 5.28. The van der Waals surface area contributed by atoms with E-state index in [1.807, 2.05) is 48.5 Å². The van der Waals surface area contributed by atoms with Crippen molar-refractivity contribution in [1.82, 2.24) is 15.2 Å². The van der Waals surface area contributed by atoms with Crippen LogP contribution in [0.5, 0.6) is 0 Å². The van der Waals surface area contributed by atoms with Gasteiger partial charge in [-0.1, -0.05) is 37.3 Å². The van der Waals surface area contributed by atoms with Crippen molar-refractivity contribution in [3.63, 3.8) is 0 Å². The largest absolute Gasteiger partial charge is 0.352 e. The van der Waals surface area contributed by atoms with Crippen molar-refractivity contribution in [3.8, 4) is 0 Å². The quantitative estimate of drug-likeness (QED) is 0.526. The minimum absolute atomic E-state index is 0.00934. The van der Waals surface area contributed by atoms with Gasteiger partial charge in [-0.05, 0) is 53.8 Å². The summed E-state index contributed by atoms with van der Waals surface area (Å²) in [6.45, 7) is 2.63. The van der Waals surface area contributed by atoms with Crippen molar-refractivity contribution in [1.29, 1.82) is 0 Å². The van der Waals surface area contributed by atoms with Crippen molar-refractivity contribution in [2.75, 3.05) is 11.9 Å². The van der Waals surface area contributed by atoms with Crippen molar-refractivity contribution in [3.05, 3.63) is 82.3 Å². The van der Waals surface area contributed by atoms with Gasteiger partial charge in [-0.3, -0.25) is 9.78 Å². The monoisotopic (exact) mass is 436 g/mol. The summed E-state index contributed by atoms with van der Waals surface area (Å²) >= 11 is 7.35. The molecular weight excluding hydrogens is 412 g/mol. The van der Waals surface area contributed by atoms with Gasteiger partial charge in [-0.15, -0.1) is 11.3 Å². The SMILES string of the molecule is CCc1ccccc1NC(=O)CCN1C(=S)N[C@H](c2ccccn2)[C@H]1c1cccs1. The number of carbonyl (C=O) groups is 1. The molecule has 2 aromatic heterocycles. The summed E-state index contributed by atoms with van der Waals surface area (Å²) in [5.41, 5.74) is 2.96. The number of amides is 1. The fourth-order valence-electron chi connectivity index (χ4n) is 3.80.